The van der Waals surface area contributed by atoms with Crippen LogP contribution < -0.4 is 0 Å². The van der Waals surface area contributed by atoms with Gasteiger partial charge in [-0.15, -0.1) is 0 Å². The summed E-state index contributed by atoms with van der Waals surface area (Å²) in [4.78, 5) is 21.7. The second kappa shape index (κ2) is 7.71. The molecule has 2 heteroatoms. The lowest BCUT2D eigenvalue weighted by Gasteiger charge is -1.96. The van der Waals surface area contributed by atoms with Gasteiger partial charge in [0.15, 0.2) is 0 Å². The number of allylic oxidation sites excluding steroid dienone is 2. The molecule has 0 radical (unpaired) electrons. The van der Waals surface area contributed by atoms with Crippen LogP contribution in [0.1, 0.15) is 46.0 Å². The summed E-state index contributed by atoms with van der Waals surface area (Å²) in [7, 11) is 0. The SMILES string of the molecule is CC=CCCCC(=O)CCC(C)=O. The first-order valence-corrected chi connectivity index (χ1v) is 4.79. The van der Waals surface area contributed by atoms with E-state index in [0.29, 0.717) is 19.3 Å². The fourth-order valence-electron chi connectivity index (χ4n) is 1.02. The number of carbonyl (C=O) groups excluding carboxylic acids is 2. The summed E-state index contributed by atoms with van der Waals surface area (Å²) in [5.74, 6) is 0.307. The van der Waals surface area contributed by atoms with Crippen LogP contribution in [0.2, 0.25) is 0 Å². The summed E-state index contributed by atoms with van der Waals surface area (Å²) in [5, 5.41) is 0. The van der Waals surface area contributed by atoms with Crippen molar-refractivity contribution in [2.75, 3.05) is 0 Å². The largest absolute Gasteiger partial charge is 0.300 e. The van der Waals surface area contributed by atoms with E-state index in [4.69, 9.17) is 0 Å². The number of ketones is 2. The standard InChI is InChI=1S/C11H18O2/c1-3-4-5-6-7-11(13)9-8-10(2)12/h3-4H,5-9H2,1-2H3. The van der Waals surface area contributed by atoms with Gasteiger partial charge in [0.1, 0.15) is 11.6 Å². The van der Waals surface area contributed by atoms with Gasteiger partial charge in [-0.3, -0.25) is 4.79 Å². The van der Waals surface area contributed by atoms with E-state index in [9.17, 15) is 9.59 Å². The molecule has 0 aliphatic rings. The van der Waals surface area contributed by atoms with E-state index in [1.807, 2.05) is 13.0 Å². The van der Waals surface area contributed by atoms with Crippen molar-refractivity contribution in [1.29, 1.82) is 0 Å². The second-order valence-corrected chi connectivity index (χ2v) is 3.20. The van der Waals surface area contributed by atoms with Crippen molar-refractivity contribution in [3.8, 4) is 0 Å². The first-order chi connectivity index (χ1) is 6.16. The molecule has 0 rings (SSSR count). The Balaban J connectivity index is 3.35. The van der Waals surface area contributed by atoms with E-state index in [1.54, 1.807) is 0 Å². The molecule has 0 fully saturated rings. The van der Waals surface area contributed by atoms with Crippen LogP contribution in [0, 0.1) is 0 Å². The predicted octanol–water partition coefficient (Wildman–Crippen LogP) is 2.67. The maximum Gasteiger partial charge on any atom is 0.133 e. The van der Waals surface area contributed by atoms with E-state index >= 15 is 0 Å². The molecule has 74 valence electrons. The molecule has 2 nitrogen and oxygen atoms in total. The predicted molar refractivity (Wildman–Crippen MR) is 53.6 cm³/mol. The summed E-state index contributed by atoms with van der Waals surface area (Å²) in [6, 6.07) is 0. The average Bonchev–Trinajstić information content (AvgIpc) is 2.09. The summed E-state index contributed by atoms with van der Waals surface area (Å²) >= 11 is 0. The molecule has 0 aliphatic carbocycles. The number of unbranched alkanes of at least 4 members (excludes halogenated alkanes) is 1. The number of rotatable bonds is 7. The van der Waals surface area contributed by atoms with Crippen molar-refractivity contribution in [2.24, 2.45) is 0 Å². The van der Waals surface area contributed by atoms with Gasteiger partial charge in [0.2, 0.25) is 0 Å². The zero-order chi connectivity index (χ0) is 10.1. The number of carbonyl (C=O) groups is 2. The Morgan fingerprint density at radius 2 is 1.85 bits per heavy atom. The molecular weight excluding hydrogens is 164 g/mol. The molecule has 0 spiro atoms. The molecule has 0 saturated carbocycles. The highest BCUT2D eigenvalue weighted by Crippen LogP contribution is 2.02. The minimum absolute atomic E-state index is 0.0989. The van der Waals surface area contributed by atoms with E-state index in [0.717, 1.165) is 12.8 Å². The summed E-state index contributed by atoms with van der Waals surface area (Å²) in [6.07, 6.45) is 7.34. The van der Waals surface area contributed by atoms with Crippen molar-refractivity contribution in [2.45, 2.75) is 46.0 Å². The van der Waals surface area contributed by atoms with Gasteiger partial charge in [0.05, 0.1) is 0 Å². The Hall–Kier alpha value is -0.920. The third-order valence-corrected chi connectivity index (χ3v) is 1.82. The van der Waals surface area contributed by atoms with Gasteiger partial charge in [0.25, 0.3) is 0 Å². The van der Waals surface area contributed by atoms with Crippen molar-refractivity contribution in [3.05, 3.63) is 12.2 Å². The van der Waals surface area contributed by atoms with Crippen LogP contribution in [0.15, 0.2) is 12.2 Å². The lowest BCUT2D eigenvalue weighted by Crippen LogP contribution is -2.00. The van der Waals surface area contributed by atoms with Crippen molar-refractivity contribution < 1.29 is 9.59 Å². The first-order valence-electron chi connectivity index (χ1n) is 4.79. The monoisotopic (exact) mass is 182 g/mol. The van der Waals surface area contributed by atoms with Gasteiger partial charge >= 0.3 is 0 Å². The van der Waals surface area contributed by atoms with Crippen LogP contribution in [0.25, 0.3) is 0 Å². The maximum absolute atomic E-state index is 11.1. The molecule has 13 heavy (non-hydrogen) atoms. The van der Waals surface area contributed by atoms with E-state index in [2.05, 4.69) is 6.08 Å². The summed E-state index contributed by atoms with van der Waals surface area (Å²) in [5.41, 5.74) is 0. The number of Topliss-reactive ketones (excluding diaryl/α,β-unsaturated/α-hetero) is 2. The fraction of sp³-hybridized carbons (Fsp3) is 0.636. The molecule has 0 aromatic rings. The van der Waals surface area contributed by atoms with Crippen LogP contribution in [0.5, 0.6) is 0 Å². The van der Waals surface area contributed by atoms with Gasteiger partial charge in [-0.05, 0) is 26.7 Å². The van der Waals surface area contributed by atoms with Crippen molar-refractivity contribution in [1.82, 2.24) is 0 Å². The highest BCUT2D eigenvalue weighted by Gasteiger charge is 2.02. The van der Waals surface area contributed by atoms with Gasteiger partial charge in [-0.1, -0.05) is 12.2 Å². The first kappa shape index (κ1) is 12.1. The quantitative estimate of drug-likeness (QED) is 0.448. The zero-order valence-electron chi connectivity index (χ0n) is 8.51. The third-order valence-electron chi connectivity index (χ3n) is 1.82. The minimum atomic E-state index is 0.0989. The topological polar surface area (TPSA) is 34.1 Å². The van der Waals surface area contributed by atoms with E-state index < -0.39 is 0 Å². The van der Waals surface area contributed by atoms with Gasteiger partial charge < -0.3 is 4.79 Å². The second-order valence-electron chi connectivity index (χ2n) is 3.20. The lowest BCUT2D eigenvalue weighted by molar-refractivity contribution is -0.123. The third kappa shape index (κ3) is 8.99. The summed E-state index contributed by atoms with van der Waals surface area (Å²) < 4.78 is 0. The lowest BCUT2D eigenvalue weighted by atomic mass is 10.1. The molecule has 0 N–H and O–H groups in total. The molecule has 0 aromatic carbocycles. The van der Waals surface area contributed by atoms with Crippen molar-refractivity contribution >= 4 is 11.6 Å². The molecular formula is C11H18O2. The molecule has 0 atom stereocenters. The highest BCUT2D eigenvalue weighted by molar-refractivity contribution is 5.84. The Kier molecular flexibility index (Phi) is 7.17. The van der Waals surface area contributed by atoms with Crippen molar-refractivity contribution in [3.63, 3.8) is 0 Å². The molecule has 0 aliphatic heterocycles. The maximum atomic E-state index is 11.1. The van der Waals surface area contributed by atoms with Crippen LogP contribution in [-0.2, 0) is 9.59 Å². The highest BCUT2D eigenvalue weighted by atomic mass is 16.1. The van der Waals surface area contributed by atoms with Crippen LogP contribution >= 0.6 is 0 Å². The fourth-order valence-corrected chi connectivity index (χ4v) is 1.02. The van der Waals surface area contributed by atoms with Gasteiger partial charge in [-0.25, -0.2) is 0 Å². The van der Waals surface area contributed by atoms with Gasteiger partial charge in [0, 0.05) is 19.3 Å². The Labute approximate surface area is 80.0 Å². The molecule has 0 unspecified atom stereocenters. The number of hydrogen-bond acceptors (Lipinski definition) is 2. The van der Waals surface area contributed by atoms with Crippen LogP contribution in [-0.4, -0.2) is 11.6 Å². The Morgan fingerprint density at radius 3 is 2.38 bits per heavy atom. The Morgan fingerprint density at radius 1 is 1.15 bits per heavy atom. The molecule has 0 heterocycles. The molecule has 0 saturated heterocycles. The van der Waals surface area contributed by atoms with Gasteiger partial charge in [-0.2, -0.15) is 0 Å². The van der Waals surface area contributed by atoms with Crippen LogP contribution in [0.4, 0.5) is 0 Å². The normalized spacial score (nSPS) is 10.6. The Bertz CT molecular complexity index is 192. The smallest absolute Gasteiger partial charge is 0.133 e. The van der Waals surface area contributed by atoms with E-state index in [1.165, 1.54) is 6.92 Å². The van der Waals surface area contributed by atoms with Crippen LogP contribution in [0.3, 0.4) is 0 Å². The average molecular weight is 182 g/mol. The summed E-state index contributed by atoms with van der Waals surface area (Å²) in [6.45, 7) is 3.49. The number of hydrogen-bond donors (Lipinski definition) is 0. The van der Waals surface area contributed by atoms with E-state index in [-0.39, 0.29) is 11.6 Å². The molecule has 0 bridgehead atoms. The molecule has 0 aromatic heterocycles. The minimum Gasteiger partial charge on any atom is -0.300 e. The molecule has 0 amide bonds. The zero-order valence-corrected chi connectivity index (χ0v) is 8.51.